The van der Waals surface area contributed by atoms with Crippen molar-refractivity contribution in [2.24, 2.45) is 0 Å². The fourth-order valence-electron chi connectivity index (χ4n) is 0.283. The first-order chi connectivity index (χ1) is 4.79. The average molecular weight is 129 g/mol. The van der Waals surface area contributed by atoms with E-state index in [1.54, 1.807) is 6.21 Å². The third-order valence-electron chi connectivity index (χ3n) is 0.710. The molecule has 45 valence electrons. The molecule has 0 amide bonds. The fraction of sp³-hybridized carbons (Fsp3) is 0. The monoisotopic (exact) mass is 129 g/mol. The molecule has 0 aliphatic heterocycles. The van der Waals surface area contributed by atoms with E-state index in [2.05, 4.69) is 0 Å². The molecule has 0 aliphatic carbocycles. The Bertz CT molecular complexity index is 275. The molecule has 0 heterocycles. The van der Waals surface area contributed by atoms with E-state index in [0.717, 1.165) is 0 Å². The second-order valence-electron chi connectivity index (χ2n) is 1.21. The van der Waals surface area contributed by atoms with E-state index in [0.29, 0.717) is 0 Å². The molecule has 10 heavy (non-hydrogen) atoms. The first-order valence-electron chi connectivity index (χ1n) is 2.17. The van der Waals surface area contributed by atoms with Gasteiger partial charge < -0.3 is 0 Å². The van der Waals surface area contributed by atoms with E-state index >= 15 is 0 Å². The molecule has 0 rings (SSSR count). The van der Waals surface area contributed by atoms with Crippen LogP contribution in [0.5, 0.6) is 0 Å². The molecule has 0 spiro atoms. The van der Waals surface area contributed by atoms with Crippen LogP contribution < -0.4 is 0 Å². The van der Waals surface area contributed by atoms with E-state index in [-0.39, 0.29) is 11.1 Å². The van der Waals surface area contributed by atoms with E-state index in [1.807, 2.05) is 0 Å². The van der Waals surface area contributed by atoms with Gasteiger partial charge in [0.15, 0.2) is 0 Å². The summed E-state index contributed by atoms with van der Waals surface area (Å²) < 4.78 is 0. The van der Waals surface area contributed by atoms with Crippen molar-refractivity contribution in [2.75, 3.05) is 0 Å². The van der Waals surface area contributed by atoms with E-state index in [1.165, 1.54) is 18.2 Å². The van der Waals surface area contributed by atoms with Gasteiger partial charge in [-0.1, -0.05) is 0 Å². The minimum atomic E-state index is -0.377. The summed E-state index contributed by atoms with van der Waals surface area (Å²) in [6, 6.07) is 4.42. The first kappa shape index (κ1) is 7.88. The molecule has 0 fully saturated rings. The van der Waals surface area contributed by atoms with Gasteiger partial charge in [-0.3, -0.25) is 5.41 Å². The Kier molecular flexibility index (Phi) is 3.02. The summed E-state index contributed by atoms with van der Waals surface area (Å²) in [7, 11) is 0. The highest BCUT2D eigenvalue weighted by Gasteiger charge is 2.00. The molecule has 0 aromatic carbocycles. The number of nitrogens with zero attached hydrogens (tertiary/aromatic N) is 3. The molecule has 0 bridgehead atoms. The van der Waals surface area contributed by atoms with Crippen LogP contribution in [0, 0.1) is 39.4 Å². The Morgan fingerprint density at radius 2 is 1.30 bits per heavy atom. The third kappa shape index (κ3) is 1.43. The fourth-order valence-corrected chi connectivity index (χ4v) is 0.283. The number of nitrogens with one attached hydrogen (secondary N) is 1. The van der Waals surface area contributed by atoms with Gasteiger partial charge in [-0.2, -0.15) is 15.8 Å². The maximum Gasteiger partial charge on any atom is 0.149 e. The van der Waals surface area contributed by atoms with Gasteiger partial charge >= 0.3 is 0 Å². The van der Waals surface area contributed by atoms with Crippen LogP contribution in [-0.4, -0.2) is 6.21 Å². The van der Waals surface area contributed by atoms with Crippen molar-refractivity contribution in [2.45, 2.75) is 0 Å². The Labute approximate surface area is 57.7 Å². The van der Waals surface area contributed by atoms with Crippen molar-refractivity contribution < 1.29 is 0 Å². The van der Waals surface area contributed by atoms with Crippen LogP contribution in [-0.2, 0) is 0 Å². The summed E-state index contributed by atoms with van der Waals surface area (Å²) in [6.45, 7) is 0. The molecule has 1 radical (unpaired) electrons. The normalized spacial score (nSPS) is 6.10. The molecule has 0 aromatic heterocycles. The summed E-state index contributed by atoms with van der Waals surface area (Å²) in [5.74, 6) is 0. The highest BCUT2D eigenvalue weighted by molar-refractivity contribution is 5.85. The summed E-state index contributed by atoms with van der Waals surface area (Å²) in [4.78, 5) is 0. The molecule has 0 unspecified atom stereocenters. The van der Waals surface area contributed by atoms with Crippen molar-refractivity contribution >= 4 is 6.21 Å². The van der Waals surface area contributed by atoms with Gasteiger partial charge in [-0.25, -0.2) is 0 Å². The van der Waals surface area contributed by atoms with Gasteiger partial charge in [0.25, 0.3) is 0 Å². The molecule has 0 atom stereocenters. The molecule has 4 heteroatoms. The lowest BCUT2D eigenvalue weighted by atomic mass is 10.2. The smallest absolute Gasteiger partial charge is 0.149 e. The van der Waals surface area contributed by atoms with Crippen molar-refractivity contribution in [3.05, 3.63) is 11.1 Å². The standard InChI is InChI=1S/C6HN4/c7-1-5(2-8)6(3-9)4-10/h7H. The van der Waals surface area contributed by atoms with Crippen LogP contribution in [0.1, 0.15) is 0 Å². The largest absolute Gasteiger partial charge is 0.297 e. The Morgan fingerprint density at radius 1 is 0.900 bits per heavy atom. The zero-order valence-electron chi connectivity index (χ0n) is 4.84. The quantitative estimate of drug-likeness (QED) is 0.409. The molecule has 0 saturated heterocycles. The maximum absolute atomic E-state index is 8.17. The molecular formula is C6HN4. The van der Waals surface area contributed by atoms with E-state index < -0.39 is 0 Å². The molecule has 4 nitrogen and oxygen atoms in total. The second-order valence-corrected chi connectivity index (χ2v) is 1.21. The minimum absolute atomic E-state index is 0.329. The van der Waals surface area contributed by atoms with Crippen molar-refractivity contribution in [3.63, 3.8) is 0 Å². The second kappa shape index (κ2) is 3.83. The van der Waals surface area contributed by atoms with Crippen LogP contribution in [0.15, 0.2) is 11.1 Å². The summed E-state index contributed by atoms with van der Waals surface area (Å²) in [5, 5.41) is 30.9. The lowest BCUT2D eigenvalue weighted by molar-refractivity contribution is 1.43. The molecule has 1 N–H and O–H groups in total. The van der Waals surface area contributed by atoms with Crippen molar-refractivity contribution in [1.82, 2.24) is 0 Å². The summed E-state index contributed by atoms with van der Waals surface area (Å²) in [5.41, 5.74) is -0.706. The van der Waals surface area contributed by atoms with Gasteiger partial charge in [0.2, 0.25) is 0 Å². The van der Waals surface area contributed by atoms with Crippen LogP contribution in [0.3, 0.4) is 0 Å². The number of hydrogen-bond acceptors (Lipinski definition) is 4. The van der Waals surface area contributed by atoms with E-state index in [4.69, 9.17) is 21.2 Å². The third-order valence-corrected chi connectivity index (χ3v) is 0.710. The highest BCUT2D eigenvalue weighted by Crippen LogP contribution is 1.96. The predicted molar refractivity (Wildman–Crippen MR) is 31.6 cm³/mol. The Balaban J connectivity index is 5.05. The number of rotatable bonds is 1. The van der Waals surface area contributed by atoms with Crippen molar-refractivity contribution in [1.29, 1.82) is 21.2 Å². The minimum Gasteiger partial charge on any atom is -0.297 e. The van der Waals surface area contributed by atoms with Gasteiger partial charge in [-0.05, 0) is 0 Å². The van der Waals surface area contributed by atoms with Crippen molar-refractivity contribution in [3.8, 4) is 18.2 Å². The number of allylic oxidation sites excluding steroid dienone is 2. The molecule has 0 saturated carbocycles. The van der Waals surface area contributed by atoms with Crippen LogP contribution in [0.25, 0.3) is 0 Å². The Hall–Kier alpha value is -2.12. The van der Waals surface area contributed by atoms with Gasteiger partial charge in [-0.15, -0.1) is 0 Å². The van der Waals surface area contributed by atoms with Gasteiger partial charge in [0, 0.05) is 0 Å². The Morgan fingerprint density at radius 3 is 1.40 bits per heavy atom. The van der Waals surface area contributed by atoms with Crippen LogP contribution >= 0.6 is 0 Å². The zero-order valence-corrected chi connectivity index (χ0v) is 4.84. The van der Waals surface area contributed by atoms with Crippen LogP contribution in [0.4, 0.5) is 0 Å². The first-order valence-corrected chi connectivity index (χ1v) is 2.17. The number of hydrogen-bond donors (Lipinski definition) is 1. The van der Waals surface area contributed by atoms with Crippen LogP contribution in [0.2, 0.25) is 0 Å². The van der Waals surface area contributed by atoms with Gasteiger partial charge in [0.05, 0.1) is 0 Å². The predicted octanol–water partition coefficient (Wildman–Crippen LogP) is 0.380. The molecule has 0 aliphatic rings. The molecule has 0 aromatic rings. The SMILES string of the molecule is N#CC([C]=N)=C(C#N)C#N. The lowest BCUT2D eigenvalue weighted by Gasteiger charge is -1.79. The number of nitriles is 3. The summed E-state index contributed by atoms with van der Waals surface area (Å²) >= 11 is 0. The van der Waals surface area contributed by atoms with Gasteiger partial charge in [0.1, 0.15) is 35.6 Å². The zero-order chi connectivity index (χ0) is 7.98. The highest BCUT2D eigenvalue weighted by atomic mass is 14.4. The maximum atomic E-state index is 8.17. The molecular weight excluding hydrogens is 128 g/mol. The van der Waals surface area contributed by atoms with E-state index in [9.17, 15) is 0 Å². The average Bonchev–Trinajstić information content (AvgIpc) is 2.00. The summed E-state index contributed by atoms with van der Waals surface area (Å²) in [6.07, 6.45) is 1.68. The topological polar surface area (TPSA) is 95.2 Å². The lowest BCUT2D eigenvalue weighted by Crippen LogP contribution is -1.84.